The van der Waals surface area contributed by atoms with E-state index in [-0.39, 0.29) is 5.95 Å². The number of rotatable bonds is 2. The van der Waals surface area contributed by atoms with Gasteiger partial charge in [-0.05, 0) is 6.42 Å². The second-order valence-electron chi connectivity index (χ2n) is 3.01. The quantitative estimate of drug-likeness (QED) is 0.761. The van der Waals surface area contributed by atoms with E-state index in [1.54, 1.807) is 12.4 Å². The zero-order chi connectivity index (χ0) is 9.97. The summed E-state index contributed by atoms with van der Waals surface area (Å²) in [5, 5.41) is 0. The Morgan fingerprint density at radius 2 is 2.00 bits per heavy atom. The van der Waals surface area contributed by atoms with Crippen LogP contribution in [0.2, 0.25) is 0 Å². The lowest BCUT2D eigenvalue weighted by Gasteiger charge is -2.02. The fourth-order valence-corrected chi connectivity index (χ4v) is 1.35. The summed E-state index contributed by atoms with van der Waals surface area (Å²) in [6.45, 7) is 2.08. The summed E-state index contributed by atoms with van der Waals surface area (Å²) in [4.78, 5) is 16.5. The van der Waals surface area contributed by atoms with Crippen LogP contribution in [-0.4, -0.2) is 19.9 Å². The molecule has 2 N–H and O–H groups in total. The van der Waals surface area contributed by atoms with Crippen LogP contribution < -0.4 is 5.73 Å². The minimum absolute atomic E-state index is 0.265. The van der Waals surface area contributed by atoms with E-state index in [2.05, 4.69) is 26.9 Å². The molecule has 0 aromatic carbocycles. The molecule has 0 spiro atoms. The molecule has 2 heterocycles. The number of aryl methyl sites for hydroxylation is 1. The molecule has 0 radical (unpaired) electrons. The normalized spacial score (nSPS) is 10.6. The van der Waals surface area contributed by atoms with E-state index in [1.807, 2.05) is 0 Å². The Hall–Kier alpha value is -1.78. The highest BCUT2D eigenvalue weighted by atomic mass is 15.0. The van der Waals surface area contributed by atoms with Crippen LogP contribution in [0.15, 0.2) is 12.4 Å². The fourth-order valence-electron chi connectivity index (χ4n) is 1.35. The molecular weight excluding hydrogens is 178 g/mol. The van der Waals surface area contributed by atoms with E-state index in [0.717, 1.165) is 24.1 Å². The Labute approximate surface area is 81.4 Å². The monoisotopic (exact) mass is 189 g/mol. The van der Waals surface area contributed by atoms with Crippen LogP contribution in [0.4, 0.5) is 5.95 Å². The van der Waals surface area contributed by atoms with Crippen molar-refractivity contribution in [3.8, 4) is 0 Å². The van der Waals surface area contributed by atoms with Crippen molar-refractivity contribution in [2.24, 2.45) is 0 Å². The van der Waals surface area contributed by atoms with Crippen molar-refractivity contribution in [1.82, 2.24) is 19.9 Å². The molecule has 72 valence electrons. The van der Waals surface area contributed by atoms with Gasteiger partial charge in [0.2, 0.25) is 5.95 Å². The fraction of sp³-hybridized carbons (Fsp3) is 0.333. The number of anilines is 1. The SMILES string of the molecule is CCCc1nc(N)nc2nccnc12. The maximum absolute atomic E-state index is 5.56. The molecule has 0 bridgehead atoms. The Bertz CT molecular complexity index is 454. The van der Waals surface area contributed by atoms with E-state index in [9.17, 15) is 0 Å². The van der Waals surface area contributed by atoms with Crippen LogP contribution >= 0.6 is 0 Å². The third-order valence-electron chi connectivity index (χ3n) is 1.91. The van der Waals surface area contributed by atoms with Gasteiger partial charge in [0.15, 0.2) is 5.65 Å². The standard InChI is InChI=1S/C9H11N5/c1-2-3-6-7-8(12-5-4-11-7)14-9(10)13-6/h4-5H,2-3H2,1H3,(H2,10,12,13,14). The van der Waals surface area contributed by atoms with Gasteiger partial charge in [0, 0.05) is 12.4 Å². The van der Waals surface area contributed by atoms with Crippen molar-refractivity contribution in [1.29, 1.82) is 0 Å². The minimum Gasteiger partial charge on any atom is -0.368 e. The molecule has 5 heteroatoms. The second kappa shape index (κ2) is 3.53. The Morgan fingerprint density at radius 1 is 1.21 bits per heavy atom. The first kappa shape index (κ1) is 8.80. The molecule has 0 aliphatic carbocycles. The van der Waals surface area contributed by atoms with Gasteiger partial charge < -0.3 is 5.73 Å². The average molecular weight is 189 g/mol. The van der Waals surface area contributed by atoms with Crippen LogP contribution in [0.1, 0.15) is 19.0 Å². The van der Waals surface area contributed by atoms with Crippen molar-refractivity contribution in [3.05, 3.63) is 18.1 Å². The van der Waals surface area contributed by atoms with Gasteiger partial charge in [0.25, 0.3) is 0 Å². The van der Waals surface area contributed by atoms with E-state index in [4.69, 9.17) is 5.73 Å². The highest BCUT2D eigenvalue weighted by Gasteiger charge is 2.06. The minimum atomic E-state index is 0.265. The molecular formula is C9H11N5. The van der Waals surface area contributed by atoms with Crippen molar-refractivity contribution >= 4 is 17.1 Å². The molecule has 2 aromatic heterocycles. The van der Waals surface area contributed by atoms with Gasteiger partial charge in [-0.25, -0.2) is 15.0 Å². The summed E-state index contributed by atoms with van der Waals surface area (Å²) >= 11 is 0. The average Bonchev–Trinajstić information content (AvgIpc) is 2.18. The summed E-state index contributed by atoms with van der Waals surface area (Å²) in [5.41, 5.74) is 7.77. The maximum atomic E-state index is 5.56. The highest BCUT2D eigenvalue weighted by molar-refractivity contribution is 5.72. The summed E-state index contributed by atoms with van der Waals surface area (Å²) in [6.07, 6.45) is 5.09. The Morgan fingerprint density at radius 3 is 2.79 bits per heavy atom. The lowest BCUT2D eigenvalue weighted by atomic mass is 10.2. The number of nitrogens with two attached hydrogens (primary N) is 1. The first-order chi connectivity index (χ1) is 6.81. The van der Waals surface area contributed by atoms with Gasteiger partial charge in [-0.2, -0.15) is 4.98 Å². The molecule has 0 saturated heterocycles. The molecule has 0 saturated carbocycles. The molecule has 2 aromatic rings. The van der Waals surface area contributed by atoms with E-state index >= 15 is 0 Å². The van der Waals surface area contributed by atoms with Gasteiger partial charge >= 0.3 is 0 Å². The second-order valence-corrected chi connectivity index (χ2v) is 3.01. The van der Waals surface area contributed by atoms with Crippen molar-refractivity contribution in [2.45, 2.75) is 19.8 Å². The topological polar surface area (TPSA) is 77.6 Å². The van der Waals surface area contributed by atoms with Gasteiger partial charge in [0.05, 0.1) is 5.69 Å². The van der Waals surface area contributed by atoms with Gasteiger partial charge in [-0.15, -0.1) is 0 Å². The van der Waals surface area contributed by atoms with Gasteiger partial charge in [0.1, 0.15) is 5.52 Å². The molecule has 0 atom stereocenters. The summed E-state index contributed by atoms with van der Waals surface area (Å²) < 4.78 is 0. The zero-order valence-corrected chi connectivity index (χ0v) is 7.94. The number of hydrogen-bond donors (Lipinski definition) is 1. The first-order valence-corrected chi connectivity index (χ1v) is 4.54. The molecule has 0 unspecified atom stereocenters. The third kappa shape index (κ3) is 1.48. The first-order valence-electron chi connectivity index (χ1n) is 4.54. The zero-order valence-electron chi connectivity index (χ0n) is 7.94. The van der Waals surface area contributed by atoms with E-state index in [0.29, 0.717) is 5.65 Å². The number of nitrogen functional groups attached to an aromatic ring is 1. The van der Waals surface area contributed by atoms with Crippen molar-refractivity contribution in [2.75, 3.05) is 5.73 Å². The lowest BCUT2D eigenvalue weighted by molar-refractivity contribution is 0.883. The molecule has 0 aliphatic rings. The van der Waals surface area contributed by atoms with Crippen LogP contribution in [0, 0.1) is 0 Å². The Kier molecular flexibility index (Phi) is 2.22. The van der Waals surface area contributed by atoms with Crippen molar-refractivity contribution < 1.29 is 0 Å². The predicted molar refractivity (Wildman–Crippen MR) is 53.5 cm³/mol. The van der Waals surface area contributed by atoms with E-state index < -0.39 is 0 Å². The lowest BCUT2D eigenvalue weighted by Crippen LogP contribution is -2.02. The highest BCUT2D eigenvalue weighted by Crippen LogP contribution is 2.12. The summed E-state index contributed by atoms with van der Waals surface area (Å²) in [5.74, 6) is 0.265. The van der Waals surface area contributed by atoms with Crippen LogP contribution in [0.5, 0.6) is 0 Å². The van der Waals surface area contributed by atoms with Crippen LogP contribution in [-0.2, 0) is 6.42 Å². The number of nitrogens with zero attached hydrogens (tertiary/aromatic N) is 4. The molecule has 2 rings (SSSR count). The number of fused-ring (bicyclic) bond motifs is 1. The van der Waals surface area contributed by atoms with Crippen LogP contribution in [0.25, 0.3) is 11.2 Å². The Balaban J connectivity index is 2.67. The summed E-state index contributed by atoms with van der Waals surface area (Å²) in [7, 11) is 0. The summed E-state index contributed by atoms with van der Waals surface area (Å²) in [6, 6.07) is 0. The molecule has 0 fully saturated rings. The molecule has 0 aliphatic heterocycles. The third-order valence-corrected chi connectivity index (χ3v) is 1.91. The van der Waals surface area contributed by atoms with Crippen molar-refractivity contribution in [3.63, 3.8) is 0 Å². The smallest absolute Gasteiger partial charge is 0.222 e. The number of aromatic nitrogens is 4. The maximum Gasteiger partial charge on any atom is 0.222 e. The van der Waals surface area contributed by atoms with Gasteiger partial charge in [-0.1, -0.05) is 13.3 Å². The molecule has 5 nitrogen and oxygen atoms in total. The number of hydrogen-bond acceptors (Lipinski definition) is 5. The van der Waals surface area contributed by atoms with Gasteiger partial charge in [-0.3, -0.25) is 0 Å². The molecule has 0 amide bonds. The van der Waals surface area contributed by atoms with Crippen LogP contribution in [0.3, 0.4) is 0 Å². The predicted octanol–water partition coefficient (Wildman–Crippen LogP) is 0.954. The largest absolute Gasteiger partial charge is 0.368 e. The van der Waals surface area contributed by atoms with E-state index in [1.165, 1.54) is 0 Å². The molecule has 14 heavy (non-hydrogen) atoms.